The first kappa shape index (κ1) is 12.7. The molecule has 1 fully saturated rings. The fraction of sp³-hybridized carbons (Fsp3) is 0.417. The van der Waals surface area contributed by atoms with Gasteiger partial charge in [0, 0.05) is 6.20 Å². The Morgan fingerprint density at radius 1 is 1.56 bits per heavy atom. The molecule has 0 atom stereocenters. The number of aromatic nitrogens is 1. The summed E-state index contributed by atoms with van der Waals surface area (Å²) in [6.07, 6.45) is 3.27. The van der Waals surface area contributed by atoms with Crippen LogP contribution in [0.4, 0.5) is 0 Å². The molecule has 94 valence electrons. The molecule has 0 bridgehead atoms. The number of nitrogens with zero attached hydrogens (tertiary/aromatic N) is 2. The third-order valence-corrected chi connectivity index (χ3v) is 4.98. The Labute approximate surface area is 105 Å². The van der Waals surface area contributed by atoms with E-state index in [9.17, 15) is 13.2 Å². The highest BCUT2D eigenvalue weighted by Gasteiger charge is 2.45. The molecule has 0 amide bonds. The summed E-state index contributed by atoms with van der Waals surface area (Å²) in [4.78, 5) is 14.6. The first-order valence-corrected chi connectivity index (χ1v) is 7.24. The Bertz CT molecular complexity index is 640. The minimum atomic E-state index is -3.51. The number of sulfone groups is 1. The highest BCUT2D eigenvalue weighted by Crippen LogP contribution is 2.47. The SMILES string of the molecule is CCS(=O)(=O)c1cc(C2(C#N)CC2)cnc1C=O. The molecule has 0 saturated heterocycles. The summed E-state index contributed by atoms with van der Waals surface area (Å²) < 4.78 is 23.8. The van der Waals surface area contributed by atoms with Crippen molar-refractivity contribution in [1.82, 2.24) is 4.98 Å². The summed E-state index contributed by atoms with van der Waals surface area (Å²) in [7, 11) is -3.51. The predicted molar refractivity (Wildman–Crippen MR) is 63.9 cm³/mol. The molecular formula is C12H12N2O3S. The van der Waals surface area contributed by atoms with Crippen LogP contribution in [0.3, 0.4) is 0 Å². The summed E-state index contributed by atoms with van der Waals surface area (Å²) >= 11 is 0. The quantitative estimate of drug-likeness (QED) is 0.763. The number of rotatable bonds is 4. The van der Waals surface area contributed by atoms with Gasteiger partial charge >= 0.3 is 0 Å². The van der Waals surface area contributed by atoms with Gasteiger partial charge in [-0.2, -0.15) is 5.26 Å². The van der Waals surface area contributed by atoms with Gasteiger partial charge < -0.3 is 0 Å². The van der Waals surface area contributed by atoms with Gasteiger partial charge in [0.1, 0.15) is 5.69 Å². The number of carbonyl (C=O) groups is 1. The molecule has 5 nitrogen and oxygen atoms in total. The van der Waals surface area contributed by atoms with Crippen LogP contribution in [0, 0.1) is 11.3 Å². The van der Waals surface area contributed by atoms with Crippen molar-refractivity contribution in [3.8, 4) is 6.07 Å². The normalized spacial score (nSPS) is 16.9. The Morgan fingerprint density at radius 2 is 2.22 bits per heavy atom. The van der Waals surface area contributed by atoms with E-state index in [-0.39, 0.29) is 16.3 Å². The average molecular weight is 264 g/mol. The first-order valence-electron chi connectivity index (χ1n) is 5.59. The van der Waals surface area contributed by atoms with Crippen molar-refractivity contribution in [1.29, 1.82) is 5.26 Å². The number of hydrogen-bond donors (Lipinski definition) is 0. The molecule has 1 aromatic heterocycles. The predicted octanol–water partition coefficient (Wildman–Crippen LogP) is 1.24. The zero-order valence-corrected chi connectivity index (χ0v) is 10.7. The number of hydrogen-bond acceptors (Lipinski definition) is 5. The maximum Gasteiger partial charge on any atom is 0.180 e. The van der Waals surface area contributed by atoms with Crippen molar-refractivity contribution in [3.63, 3.8) is 0 Å². The summed E-state index contributed by atoms with van der Waals surface area (Å²) in [6, 6.07) is 3.60. The molecule has 0 aromatic carbocycles. The van der Waals surface area contributed by atoms with E-state index in [1.807, 2.05) is 0 Å². The van der Waals surface area contributed by atoms with Gasteiger partial charge in [0.2, 0.25) is 0 Å². The molecular weight excluding hydrogens is 252 g/mol. The molecule has 0 N–H and O–H groups in total. The lowest BCUT2D eigenvalue weighted by Crippen LogP contribution is -2.12. The maximum atomic E-state index is 11.9. The molecule has 18 heavy (non-hydrogen) atoms. The van der Waals surface area contributed by atoms with E-state index in [1.54, 1.807) is 0 Å². The van der Waals surface area contributed by atoms with Gasteiger partial charge in [-0.3, -0.25) is 9.78 Å². The van der Waals surface area contributed by atoms with Crippen LogP contribution >= 0.6 is 0 Å². The van der Waals surface area contributed by atoms with Crippen LogP contribution < -0.4 is 0 Å². The Hall–Kier alpha value is -1.74. The molecule has 0 spiro atoms. The molecule has 1 saturated carbocycles. The summed E-state index contributed by atoms with van der Waals surface area (Å²) in [5.74, 6) is -0.0987. The smallest absolute Gasteiger partial charge is 0.180 e. The third-order valence-electron chi connectivity index (χ3n) is 3.23. The van der Waals surface area contributed by atoms with Gasteiger partial charge in [-0.15, -0.1) is 0 Å². The average Bonchev–Trinajstić information content (AvgIpc) is 3.19. The van der Waals surface area contributed by atoms with E-state index in [2.05, 4.69) is 11.1 Å². The summed E-state index contributed by atoms with van der Waals surface area (Å²) in [5.41, 5.74) is -0.108. The molecule has 6 heteroatoms. The van der Waals surface area contributed by atoms with Gasteiger partial charge in [0.05, 0.1) is 22.1 Å². The van der Waals surface area contributed by atoms with Crippen LogP contribution in [0.2, 0.25) is 0 Å². The van der Waals surface area contributed by atoms with Crippen molar-refractivity contribution < 1.29 is 13.2 Å². The van der Waals surface area contributed by atoms with Crippen LogP contribution in [-0.2, 0) is 15.3 Å². The van der Waals surface area contributed by atoms with Crippen LogP contribution in [0.15, 0.2) is 17.2 Å². The molecule has 1 aromatic rings. The lowest BCUT2D eigenvalue weighted by molar-refractivity contribution is 0.111. The molecule has 1 aliphatic rings. The van der Waals surface area contributed by atoms with Crippen molar-refractivity contribution in [2.45, 2.75) is 30.1 Å². The second kappa shape index (κ2) is 4.18. The zero-order chi connectivity index (χ0) is 13.4. The zero-order valence-electron chi connectivity index (χ0n) is 9.88. The van der Waals surface area contributed by atoms with E-state index in [1.165, 1.54) is 19.2 Å². The molecule has 2 rings (SSSR count). The van der Waals surface area contributed by atoms with Crippen LogP contribution in [0.5, 0.6) is 0 Å². The van der Waals surface area contributed by atoms with E-state index in [4.69, 9.17) is 5.26 Å². The summed E-state index contributed by atoms with van der Waals surface area (Å²) in [6.45, 7) is 1.51. The number of nitriles is 1. The van der Waals surface area contributed by atoms with Crippen molar-refractivity contribution >= 4 is 16.1 Å². The Kier molecular flexibility index (Phi) is 2.95. The third kappa shape index (κ3) is 1.91. The fourth-order valence-corrected chi connectivity index (χ4v) is 2.84. The van der Waals surface area contributed by atoms with Gasteiger partial charge in [0.25, 0.3) is 0 Å². The first-order chi connectivity index (χ1) is 8.49. The molecule has 1 heterocycles. The number of aldehydes is 1. The van der Waals surface area contributed by atoms with E-state index >= 15 is 0 Å². The Balaban J connectivity index is 2.61. The van der Waals surface area contributed by atoms with E-state index in [0.717, 1.165) is 0 Å². The molecule has 0 unspecified atom stereocenters. The van der Waals surface area contributed by atoms with Crippen LogP contribution in [0.25, 0.3) is 0 Å². The van der Waals surface area contributed by atoms with Crippen molar-refractivity contribution in [3.05, 3.63) is 23.5 Å². The van der Waals surface area contributed by atoms with Gasteiger partial charge in [0.15, 0.2) is 16.1 Å². The lowest BCUT2D eigenvalue weighted by Gasteiger charge is -2.09. The van der Waals surface area contributed by atoms with Gasteiger partial charge in [-0.25, -0.2) is 8.42 Å². The molecule has 0 aliphatic heterocycles. The van der Waals surface area contributed by atoms with Crippen LogP contribution in [0.1, 0.15) is 35.8 Å². The fourth-order valence-electron chi connectivity index (χ4n) is 1.80. The topological polar surface area (TPSA) is 87.9 Å². The van der Waals surface area contributed by atoms with Crippen LogP contribution in [-0.4, -0.2) is 25.4 Å². The standard InChI is InChI=1S/C12H12N2O3S/c1-2-18(16,17)11-5-9(6-14-10(11)7-15)12(8-13)3-4-12/h5-7H,2-4H2,1H3. The van der Waals surface area contributed by atoms with Crippen molar-refractivity contribution in [2.24, 2.45) is 0 Å². The maximum absolute atomic E-state index is 11.9. The summed E-state index contributed by atoms with van der Waals surface area (Å²) in [5, 5.41) is 9.09. The molecule has 1 aliphatic carbocycles. The highest BCUT2D eigenvalue weighted by molar-refractivity contribution is 7.91. The monoisotopic (exact) mass is 264 g/mol. The highest BCUT2D eigenvalue weighted by atomic mass is 32.2. The Morgan fingerprint density at radius 3 is 2.67 bits per heavy atom. The number of pyridine rings is 1. The van der Waals surface area contributed by atoms with E-state index < -0.39 is 15.3 Å². The second-order valence-corrected chi connectivity index (χ2v) is 6.57. The largest absolute Gasteiger partial charge is 0.296 e. The van der Waals surface area contributed by atoms with Crippen molar-refractivity contribution in [2.75, 3.05) is 5.75 Å². The lowest BCUT2D eigenvalue weighted by atomic mass is 10.00. The van der Waals surface area contributed by atoms with Gasteiger partial charge in [-0.05, 0) is 24.5 Å². The molecule has 0 radical (unpaired) electrons. The number of carbonyl (C=O) groups excluding carboxylic acids is 1. The minimum Gasteiger partial charge on any atom is -0.296 e. The van der Waals surface area contributed by atoms with E-state index in [0.29, 0.717) is 24.7 Å². The minimum absolute atomic E-state index is 0.0703. The van der Waals surface area contributed by atoms with Gasteiger partial charge in [-0.1, -0.05) is 6.92 Å². The second-order valence-electron chi connectivity index (χ2n) is 4.32.